The molecule has 24 heavy (non-hydrogen) atoms. The van der Waals surface area contributed by atoms with Crippen LogP contribution in [0.4, 0.5) is 11.4 Å². The van der Waals surface area contributed by atoms with Crippen LogP contribution >= 0.6 is 23.7 Å². The monoisotopic (exact) mass is 369 g/mol. The molecule has 2 rings (SSSR count). The van der Waals surface area contributed by atoms with Crippen LogP contribution in [0.3, 0.4) is 0 Å². The maximum Gasteiger partial charge on any atom is 0.265 e. The van der Waals surface area contributed by atoms with E-state index in [2.05, 4.69) is 10.6 Å². The van der Waals surface area contributed by atoms with Crippen LogP contribution in [-0.4, -0.2) is 31.6 Å². The summed E-state index contributed by atoms with van der Waals surface area (Å²) in [5, 5.41) is 7.41. The number of carbonyl (C=O) groups is 2. The Hall–Kier alpha value is -1.93. The van der Waals surface area contributed by atoms with Crippen molar-refractivity contribution in [3.8, 4) is 0 Å². The number of methoxy groups -OCH3 is 1. The quantitative estimate of drug-likeness (QED) is 0.699. The van der Waals surface area contributed by atoms with E-state index >= 15 is 0 Å². The summed E-state index contributed by atoms with van der Waals surface area (Å²) in [4.78, 5) is 24.4. The van der Waals surface area contributed by atoms with Crippen LogP contribution in [-0.2, 0) is 9.53 Å². The second-order valence-corrected chi connectivity index (χ2v) is 5.80. The minimum atomic E-state index is -0.292. The van der Waals surface area contributed by atoms with Gasteiger partial charge in [-0.2, -0.15) is 0 Å². The van der Waals surface area contributed by atoms with Crippen LogP contribution in [0.5, 0.6) is 0 Å². The standard InChI is InChI=1S/C16H19N3O3S.ClH/c1-22-13(10-17)9-15(20)18-11-4-6-12(7-5-11)19-16(21)14-3-2-8-23-14;/h2-8,13H,9-10,17H2,1H3,(H,18,20)(H,19,21);1H. The lowest BCUT2D eigenvalue weighted by atomic mass is 10.2. The van der Waals surface area contributed by atoms with Crippen molar-refractivity contribution in [2.45, 2.75) is 12.5 Å². The molecule has 0 aliphatic carbocycles. The fraction of sp³-hybridized carbons (Fsp3) is 0.250. The van der Waals surface area contributed by atoms with Crippen LogP contribution in [0.1, 0.15) is 16.1 Å². The molecule has 8 heteroatoms. The highest BCUT2D eigenvalue weighted by atomic mass is 35.5. The minimum Gasteiger partial charge on any atom is -0.380 e. The molecule has 0 saturated heterocycles. The van der Waals surface area contributed by atoms with Crippen molar-refractivity contribution in [1.82, 2.24) is 0 Å². The van der Waals surface area contributed by atoms with E-state index in [4.69, 9.17) is 10.5 Å². The number of anilines is 2. The van der Waals surface area contributed by atoms with Crippen molar-refractivity contribution in [2.75, 3.05) is 24.3 Å². The van der Waals surface area contributed by atoms with Gasteiger partial charge in [0.15, 0.2) is 0 Å². The molecule has 0 aliphatic heterocycles. The van der Waals surface area contributed by atoms with Crippen molar-refractivity contribution in [3.05, 3.63) is 46.7 Å². The van der Waals surface area contributed by atoms with Gasteiger partial charge in [-0.15, -0.1) is 23.7 Å². The number of hydrogen-bond acceptors (Lipinski definition) is 5. The molecule has 1 atom stereocenters. The molecule has 1 unspecified atom stereocenters. The predicted octanol–water partition coefficient (Wildman–Crippen LogP) is 2.72. The van der Waals surface area contributed by atoms with Gasteiger partial charge in [-0.1, -0.05) is 6.07 Å². The van der Waals surface area contributed by atoms with E-state index < -0.39 is 0 Å². The van der Waals surface area contributed by atoms with Crippen LogP contribution in [0, 0.1) is 0 Å². The van der Waals surface area contributed by atoms with Gasteiger partial charge in [0, 0.05) is 25.0 Å². The summed E-state index contributed by atoms with van der Waals surface area (Å²) in [7, 11) is 1.52. The average molecular weight is 370 g/mol. The molecule has 0 bridgehead atoms. The zero-order chi connectivity index (χ0) is 16.7. The molecule has 4 N–H and O–H groups in total. The van der Waals surface area contributed by atoms with Gasteiger partial charge in [-0.25, -0.2) is 0 Å². The zero-order valence-corrected chi connectivity index (χ0v) is 14.8. The Labute approximate surface area is 150 Å². The Bertz CT molecular complexity index is 643. The largest absolute Gasteiger partial charge is 0.380 e. The van der Waals surface area contributed by atoms with E-state index in [1.54, 1.807) is 30.3 Å². The van der Waals surface area contributed by atoms with Crippen molar-refractivity contribution in [1.29, 1.82) is 0 Å². The molecule has 2 aromatic rings. The molecule has 0 radical (unpaired) electrons. The molecule has 1 aromatic carbocycles. The van der Waals surface area contributed by atoms with Gasteiger partial charge < -0.3 is 21.1 Å². The Morgan fingerprint density at radius 2 is 1.79 bits per heavy atom. The van der Waals surface area contributed by atoms with Crippen LogP contribution < -0.4 is 16.4 Å². The maximum atomic E-state index is 11.9. The topological polar surface area (TPSA) is 93.4 Å². The fourth-order valence-electron chi connectivity index (χ4n) is 1.92. The van der Waals surface area contributed by atoms with Gasteiger partial charge in [0.2, 0.25) is 5.91 Å². The van der Waals surface area contributed by atoms with Gasteiger partial charge >= 0.3 is 0 Å². The summed E-state index contributed by atoms with van der Waals surface area (Å²) < 4.78 is 5.07. The van der Waals surface area contributed by atoms with Crippen LogP contribution in [0.25, 0.3) is 0 Å². The zero-order valence-electron chi connectivity index (χ0n) is 13.2. The third-order valence-electron chi connectivity index (χ3n) is 3.18. The fourth-order valence-corrected chi connectivity index (χ4v) is 2.54. The molecule has 0 aliphatic rings. The van der Waals surface area contributed by atoms with Crippen LogP contribution in [0.15, 0.2) is 41.8 Å². The van der Waals surface area contributed by atoms with E-state index in [-0.39, 0.29) is 43.3 Å². The number of nitrogens with two attached hydrogens (primary N) is 1. The van der Waals surface area contributed by atoms with Crippen LogP contribution in [0.2, 0.25) is 0 Å². The molecular weight excluding hydrogens is 350 g/mol. The Morgan fingerprint density at radius 3 is 2.29 bits per heavy atom. The predicted molar refractivity (Wildman–Crippen MR) is 99.1 cm³/mol. The molecule has 0 fully saturated rings. The molecule has 0 saturated carbocycles. The number of carbonyl (C=O) groups excluding carboxylic acids is 2. The Kier molecular flexibility index (Phi) is 8.42. The third kappa shape index (κ3) is 5.93. The maximum absolute atomic E-state index is 11.9. The van der Waals surface area contributed by atoms with E-state index in [0.29, 0.717) is 16.3 Å². The van der Waals surface area contributed by atoms with Crippen molar-refractivity contribution >= 4 is 46.9 Å². The van der Waals surface area contributed by atoms with Gasteiger partial charge in [-0.05, 0) is 35.7 Å². The van der Waals surface area contributed by atoms with Gasteiger partial charge in [0.05, 0.1) is 17.4 Å². The van der Waals surface area contributed by atoms with Gasteiger partial charge in [-0.3, -0.25) is 9.59 Å². The molecule has 0 spiro atoms. The van der Waals surface area contributed by atoms with E-state index in [9.17, 15) is 9.59 Å². The van der Waals surface area contributed by atoms with Crippen molar-refractivity contribution in [2.24, 2.45) is 5.73 Å². The normalized spacial score (nSPS) is 11.2. The molecule has 130 valence electrons. The van der Waals surface area contributed by atoms with E-state index in [1.165, 1.54) is 18.4 Å². The molecule has 1 heterocycles. The summed E-state index contributed by atoms with van der Waals surface area (Å²) in [6.07, 6.45) is -0.0940. The lowest BCUT2D eigenvalue weighted by Gasteiger charge is -2.13. The number of halogens is 1. The van der Waals surface area contributed by atoms with E-state index in [0.717, 1.165) is 0 Å². The first-order chi connectivity index (χ1) is 11.1. The van der Waals surface area contributed by atoms with Crippen molar-refractivity contribution < 1.29 is 14.3 Å². The van der Waals surface area contributed by atoms with Gasteiger partial charge in [0.1, 0.15) is 0 Å². The lowest BCUT2D eigenvalue weighted by molar-refractivity contribution is -0.118. The van der Waals surface area contributed by atoms with Crippen molar-refractivity contribution in [3.63, 3.8) is 0 Å². The third-order valence-corrected chi connectivity index (χ3v) is 4.05. The molecule has 1 aromatic heterocycles. The number of amides is 2. The van der Waals surface area contributed by atoms with Gasteiger partial charge in [0.25, 0.3) is 5.91 Å². The number of nitrogens with one attached hydrogen (secondary N) is 2. The smallest absolute Gasteiger partial charge is 0.265 e. The second kappa shape index (κ2) is 10.0. The molecular formula is C16H20ClN3O3S. The number of ether oxygens (including phenoxy) is 1. The van der Waals surface area contributed by atoms with E-state index in [1.807, 2.05) is 11.4 Å². The number of hydrogen-bond donors (Lipinski definition) is 3. The minimum absolute atomic E-state index is 0. The lowest BCUT2D eigenvalue weighted by Crippen LogP contribution is -2.28. The SMILES string of the molecule is COC(CN)CC(=O)Nc1ccc(NC(=O)c2cccs2)cc1.Cl. The Morgan fingerprint density at radius 1 is 1.17 bits per heavy atom. The highest BCUT2D eigenvalue weighted by molar-refractivity contribution is 7.12. The summed E-state index contributed by atoms with van der Waals surface area (Å²) in [5.41, 5.74) is 6.80. The summed E-state index contributed by atoms with van der Waals surface area (Å²) in [6, 6.07) is 10.5. The average Bonchev–Trinajstić information content (AvgIpc) is 3.09. The number of benzene rings is 1. The number of thiophene rings is 1. The summed E-state index contributed by atoms with van der Waals surface area (Å²) in [5.74, 6) is -0.319. The first-order valence-corrected chi connectivity index (χ1v) is 7.98. The molecule has 2 amide bonds. The first-order valence-electron chi connectivity index (χ1n) is 7.10. The molecule has 6 nitrogen and oxygen atoms in total. The summed E-state index contributed by atoms with van der Waals surface area (Å²) >= 11 is 1.38. The highest BCUT2D eigenvalue weighted by Gasteiger charge is 2.12. The summed E-state index contributed by atoms with van der Waals surface area (Å²) in [6.45, 7) is 0.289. The Balaban J connectivity index is 0.00000288. The number of rotatable bonds is 7. The highest BCUT2D eigenvalue weighted by Crippen LogP contribution is 2.16. The second-order valence-electron chi connectivity index (χ2n) is 4.85. The first kappa shape index (κ1) is 20.1.